The van der Waals surface area contributed by atoms with Crippen LogP contribution in [0.15, 0.2) is 29.2 Å². The van der Waals surface area contributed by atoms with E-state index >= 15 is 0 Å². The van der Waals surface area contributed by atoms with E-state index in [0.29, 0.717) is 15.8 Å². The second-order valence-electron chi connectivity index (χ2n) is 5.34. The molecule has 0 bridgehead atoms. The van der Waals surface area contributed by atoms with Gasteiger partial charge in [0.25, 0.3) is 5.91 Å². The topological polar surface area (TPSA) is 29.5 Å². The molecule has 2 fully saturated rings. The molecule has 0 N–H and O–H groups in total. The van der Waals surface area contributed by atoms with E-state index in [-0.39, 0.29) is 12.0 Å². The van der Waals surface area contributed by atoms with Crippen molar-refractivity contribution in [1.82, 2.24) is 4.90 Å². The highest BCUT2D eigenvalue weighted by atomic mass is 32.2. The maximum absolute atomic E-state index is 12.5. The van der Waals surface area contributed by atoms with E-state index in [4.69, 9.17) is 17.0 Å². The number of benzene rings is 1. The van der Waals surface area contributed by atoms with Gasteiger partial charge in [-0.25, -0.2) is 0 Å². The maximum atomic E-state index is 12.5. The Kier molecular flexibility index (Phi) is 4.42. The van der Waals surface area contributed by atoms with Crippen LogP contribution in [0.1, 0.15) is 24.0 Å². The number of amides is 1. The van der Waals surface area contributed by atoms with Gasteiger partial charge in [0.1, 0.15) is 4.32 Å². The largest absolute Gasteiger partial charge is 0.376 e. The Balaban J connectivity index is 1.74. The first kappa shape index (κ1) is 14.8. The van der Waals surface area contributed by atoms with E-state index in [9.17, 15) is 4.79 Å². The zero-order valence-corrected chi connectivity index (χ0v) is 13.5. The summed E-state index contributed by atoms with van der Waals surface area (Å²) in [5, 5.41) is 0. The molecule has 2 aliphatic heterocycles. The van der Waals surface area contributed by atoms with Crippen LogP contribution in [0.2, 0.25) is 0 Å². The molecule has 1 aromatic rings. The zero-order valence-electron chi connectivity index (χ0n) is 11.9. The molecule has 2 aliphatic rings. The lowest BCUT2D eigenvalue weighted by Crippen LogP contribution is -2.35. The van der Waals surface area contributed by atoms with Crippen molar-refractivity contribution in [2.75, 3.05) is 13.2 Å². The summed E-state index contributed by atoms with van der Waals surface area (Å²) in [6.45, 7) is 3.42. The van der Waals surface area contributed by atoms with Crippen molar-refractivity contribution in [3.8, 4) is 0 Å². The van der Waals surface area contributed by atoms with Crippen LogP contribution in [0.4, 0.5) is 0 Å². The van der Waals surface area contributed by atoms with Crippen molar-refractivity contribution in [2.24, 2.45) is 0 Å². The lowest BCUT2D eigenvalue weighted by Gasteiger charge is -2.18. The van der Waals surface area contributed by atoms with Crippen LogP contribution in [0.5, 0.6) is 0 Å². The molecule has 0 aromatic heterocycles. The predicted molar refractivity (Wildman–Crippen MR) is 90.0 cm³/mol. The quantitative estimate of drug-likeness (QED) is 0.631. The van der Waals surface area contributed by atoms with Gasteiger partial charge < -0.3 is 4.74 Å². The fourth-order valence-electron chi connectivity index (χ4n) is 2.46. The number of hydrogen-bond acceptors (Lipinski definition) is 4. The van der Waals surface area contributed by atoms with Gasteiger partial charge in [-0.2, -0.15) is 0 Å². The van der Waals surface area contributed by atoms with Crippen molar-refractivity contribution >= 4 is 40.3 Å². The Labute approximate surface area is 134 Å². The second kappa shape index (κ2) is 6.30. The molecule has 0 spiro atoms. The first-order chi connectivity index (χ1) is 10.1. The molecule has 1 unspecified atom stereocenters. The van der Waals surface area contributed by atoms with E-state index in [1.54, 1.807) is 4.90 Å². The van der Waals surface area contributed by atoms with E-state index in [1.165, 1.54) is 17.3 Å². The summed E-state index contributed by atoms with van der Waals surface area (Å²) in [6, 6.07) is 8.11. The van der Waals surface area contributed by atoms with Gasteiger partial charge >= 0.3 is 0 Å². The molecule has 21 heavy (non-hydrogen) atoms. The number of thiocarbonyl (C=S) groups is 1. The predicted octanol–water partition coefficient (Wildman–Crippen LogP) is 3.38. The molecule has 1 atom stereocenters. The van der Waals surface area contributed by atoms with Crippen LogP contribution in [0.25, 0.3) is 6.08 Å². The molecule has 3 rings (SSSR count). The summed E-state index contributed by atoms with van der Waals surface area (Å²) in [5.74, 6) is 0.000995. The molecule has 1 amide bonds. The zero-order chi connectivity index (χ0) is 14.8. The number of rotatable bonds is 3. The van der Waals surface area contributed by atoms with E-state index in [2.05, 4.69) is 0 Å². The van der Waals surface area contributed by atoms with Gasteiger partial charge in [-0.05, 0) is 31.4 Å². The van der Waals surface area contributed by atoms with Crippen molar-refractivity contribution in [3.63, 3.8) is 0 Å². The molecule has 1 aromatic carbocycles. The molecule has 3 nitrogen and oxygen atoms in total. The fraction of sp³-hybridized carbons (Fsp3) is 0.375. The van der Waals surface area contributed by atoms with Crippen LogP contribution < -0.4 is 0 Å². The third-order valence-corrected chi connectivity index (χ3v) is 5.04. The first-order valence-corrected chi connectivity index (χ1v) is 8.29. The Morgan fingerprint density at radius 1 is 1.43 bits per heavy atom. The number of thioether (sulfide) groups is 1. The number of carbonyl (C=O) groups is 1. The average molecular weight is 319 g/mol. The van der Waals surface area contributed by atoms with Crippen LogP contribution in [0.3, 0.4) is 0 Å². The number of carbonyl (C=O) groups excluding carboxylic acids is 1. The SMILES string of the molecule is Cc1ccc(/C=C2\SC(=S)N(CC3CCCO3)C2=O)cc1. The summed E-state index contributed by atoms with van der Waals surface area (Å²) >= 11 is 6.72. The van der Waals surface area contributed by atoms with Gasteiger partial charge in [0.15, 0.2) is 0 Å². The number of ether oxygens (including phenoxy) is 1. The summed E-state index contributed by atoms with van der Waals surface area (Å²) < 4.78 is 6.23. The summed E-state index contributed by atoms with van der Waals surface area (Å²) in [4.78, 5) is 14.8. The smallest absolute Gasteiger partial charge is 0.266 e. The Bertz CT molecular complexity index is 589. The lowest BCUT2D eigenvalue weighted by molar-refractivity contribution is -0.123. The minimum Gasteiger partial charge on any atom is -0.376 e. The monoisotopic (exact) mass is 319 g/mol. The Morgan fingerprint density at radius 3 is 2.86 bits per heavy atom. The third kappa shape index (κ3) is 3.36. The molecule has 2 saturated heterocycles. The van der Waals surface area contributed by atoms with Crippen molar-refractivity contribution in [1.29, 1.82) is 0 Å². The van der Waals surface area contributed by atoms with E-state index in [0.717, 1.165) is 25.0 Å². The van der Waals surface area contributed by atoms with Crippen LogP contribution in [-0.2, 0) is 9.53 Å². The Morgan fingerprint density at radius 2 is 2.19 bits per heavy atom. The highest BCUT2D eigenvalue weighted by Gasteiger charge is 2.34. The molecule has 0 saturated carbocycles. The van der Waals surface area contributed by atoms with Crippen LogP contribution in [0, 0.1) is 6.92 Å². The summed E-state index contributed by atoms with van der Waals surface area (Å²) in [5.41, 5.74) is 2.23. The number of aryl methyl sites for hydroxylation is 1. The highest BCUT2D eigenvalue weighted by molar-refractivity contribution is 8.26. The van der Waals surface area contributed by atoms with Gasteiger partial charge in [-0.15, -0.1) is 0 Å². The molecule has 2 heterocycles. The average Bonchev–Trinajstić information content (AvgIpc) is 3.06. The minimum atomic E-state index is 0.000995. The van der Waals surface area contributed by atoms with Crippen molar-refractivity contribution in [3.05, 3.63) is 40.3 Å². The van der Waals surface area contributed by atoms with E-state index in [1.807, 2.05) is 37.3 Å². The van der Waals surface area contributed by atoms with Gasteiger partial charge in [-0.3, -0.25) is 9.69 Å². The van der Waals surface area contributed by atoms with Gasteiger partial charge in [-0.1, -0.05) is 53.8 Å². The lowest BCUT2D eigenvalue weighted by atomic mass is 10.1. The van der Waals surface area contributed by atoms with Gasteiger partial charge in [0, 0.05) is 6.61 Å². The maximum Gasteiger partial charge on any atom is 0.266 e. The molecule has 0 aliphatic carbocycles. The second-order valence-corrected chi connectivity index (χ2v) is 7.01. The minimum absolute atomic E-state index is 0.000995. The third-order valence-electron chi connectivity index (χ3n) is 3.66. The molecule has 0 radical (unpaired) electrons. The Hall–Kier alpha value is -1.17. The molecular weight excluding hydrogens is 302 g/mol. The van der Waals surface area contributed by atoms with Crippen LogP contribution in [-0.4, -0.2) is 34.4 Å². The number of hydrogen-bond donors (Lipinski definition) is 0. The van der Waals surface area contributed by atoms with Crippen molar-refractivity contribution in [2.45, 2.75) is 25.9 Å². The van der Waals surface area contributed by atoms with Crippen molar-refractivity contribution < 1.29 is 9.53 Å². The summed E-state index contributed by atoms with van der Waals surface area (Å²) in [6.07, 6.45) is 4.12. The fourth-order valence-corrected chi connectivity index (χ4v) is 3.74. The molecular formula is C16H17NO2S2. The van der Waals surface area contributed by atoms with Gasteiger partial charge in [0.05, 0.1) is 17.6 Å². The first-order valence-electron chi connectivity index (χ1n) is 7.07. The standard InChI is InChI=1S/C16H17NO2S2/c1-11-4-6-12(7-5-11)9-14-15(18)17(16(20)21-14)10-13-3-2-8-19-13/h4-7,9,13H,2-3,8,10H2,1H3/b14-9-. The van der Waals surface area contributed by atoms with Gasteiger partial charge in [0.2, 0.25) is 0 Å². The summed E-state index contributed by atoms with van der Waals surface area (Å²) in [7, 11) is 0. The molecule has 5 heteroatoms. The van der Waals surface area contributed by atoms with Crippen LogP contribution >= 0.6 is 24.0 Å². The van der Waals surface area contributed by atoms with E-state index < -0.39 is 0 Å². The number of nitrogens with zero attached hydrogens (tertiary/aromatic N) is 1. The highest BCUT2D eigenvalue weighted by Crippen LogP contribution is 2.33. The molecule has 110 valence electrons. The normalized spacial score (nSPS) is 24.3.